The number of phenols is 1. The number of aromatic hydroxyl groups is 1. The predicted molar refractivity (Wildman–Crippen MR) is 56.9 cm³/mol. The molecule has 0 aromatic heterocycles. The molecule has 76 valence electrons. The van der Waals surface area contributed by atoms with Crippen molar-refractivity contribution in [2.75, 3.05) is 7.11 Å². The first-order chi connectivity index (χ1) is 6.49. The Bertz CT molecular complexity index is 390. The number of ether oxygens (including phenoxy) is 1. The van der Waals surface area contributed by atoms with Gasteiger partial charge in [-0.05, 0) is 35.6 Å². The number of rotatable bonds is 1. The van der Waals surface area contributed by atoms with Gasteiger partial charge in [0, 0.05) is 5.56 Å². The van der Waals surface area contributed by atoms with E-state index in [1.165, 1.54) is 20.1 Å². The average Bonchev–Trinajstić information content (AvgIpc) is 2.19. The third-order valence-corrected chi connectivity index (χ3v) is 2.61. The Morgan fingerprint density at radius 3 is 2.71 bits per heavy atom. The lowest BCUT2D eigenvalue weighted by atomic mass is 10.1. The molecule has 5 heteroatoms. The summed E-state index contributed by atoms with van der Waals surface area (Å²) in [4.78, 5) is 11.1. The second-order valence-electron chi connectivity index (χ2n) is 2.69. The Morgan fingerprint density at radius 1 is 1.64 bits per heavy atom. The number of esters is 1. The average molecular weight is 310 g/mol. The molecule has 0 spiro atoms. The molecule has 0 heterocycles. The molecule has 1 aromatic carbocycles. The van der Waals surface area contributed by atoms with Crippen molar-refractivity contribution in [2.45, 2.75) is 6.92 Å². The highest BCUT2D eigenvalue weighted by Gasteiger charge is 2.18. The highest BCUT2D eigenvalue weighted by molar-refractivity contribution is 14.1. The SMILES string of the molecule is COC(=O)c1cc(I)c(F)c(C)c1O. The molecule has 0 fully saturated rings. The van der Waals surface area contributed by atoms with Crippen LogP contribution in [0.15, 0.2) is 6.07 Å². The number of carbonyl (C=O) groups is 1. The van der Waals surface area contributed by atoms with E-state index in [0.29, 0.717) is 0 Å². The molecule has 0 atom stereocenters. The highest BCUT2D eigenvalue weighted by Crippen LogP contribution is 2.28. The number of benzene rings is 1. The van der Waals surface area contributed by atoms with Crippen LogP contribution in [0, 0.1) is 16.3 Å². The zero-order valence-corrected chi connectivity index (χ0v) is 9.75. The van der Waals surface area contributed by atoms with Crippen LogP contribution in [0.4, 0.5) is 4.39 Å². The van der Waals surface area contributed by atoms with Gasteiger partial charge in [0.05, 0.1) is 10.7 Å². The Kier molecular flexibility index (Phi) is 3.30. The van der Waals surface area contributed by atoms with Crippen LogP contribution in [0.2, 0.25) is 0 Å². The minimum Gasteiger partial charge on any atom is -0.507 e. The van der Waals surface area contributed by atoms with Crippen LogP contribution in [0.3, 0.4) is 0 Å². The third kappa shape index (κ3) is 1.82. The van der Waals surface area contributed by atoms with E-state index in [-0.39, 0.29) is 20.4 Å². The second kappa shape index (κ2) is 4.12. The number of carbonyl (C=O) groups excluding carboxylic acids is 1. The van der Waals surface area contributed by atoms with E-state index in [1.807, 2.05) is 0 Å². The first-order valence-corrected chi connectivity index (χ1v) is 4.82. The van der Waals surface area contributed by atoms with E-state index in [1.54, 1.807) is 22.6 Å². The van der Waals surface area contributed by atoms with E-state index >= 15 is 0 Å². The van der Waals surface area contributed by atoms with Crippen molar-refractivity contribution in [1.29, 1.82) is 0 Å². The maximum atomic E-state index is 13.2. The van der Waals surface area contributed by atoms with Crippen molar-refractivity contribution in [3.8, 4) is 5.75 Å². The second-order valence-corrected chi connectivity index (χ2v) is 3.85. The van der Waals surface area contributed by atoms with Crippen LogP contribution in [-0.2, 0) is 4.74 Å². The summed E-state index contributed by atoms with van der Waals surface area (Å²) in [6.07, 6.45) is 0. The molecule has 1 aromatic rings. The van der Waals surface area contributed by atoms with Crippen molar-refractivity contribution in [3.63, 3.8) is 0 Å². The van der Waals surface area contributed by atoms with Gasteiger partial charge < -0.3 is 9.84 Å². The van der Waals surface area contributed by atoms with Crippen molar-refractivity contribution in [1.82, 2.24) is 0 Å². The zero-order valence-electron chi connectivity index (χ0n) is 7.60. The molecule has 14 heavy (non-hydrogen) atoms. The van der Waals surface area contributed by atoms with Crippen molar-refractivity contribution < 1.29 is 19.0 Å². The van der Waals surface area contributed by atoms with Crippen LogP contribution >= 0.6 is 22.6 Å². The van der Waals surface area contributed by atoms with Crippen molar-refractivity contribution >= 4 is 28.6 Å². The smallest absolute Gasteiger partial charge is 0.341 e. The third-order valence-electron chi connectivity index (χ3n) is 1.83. The summed E-state index contributed by atoms with van der Waals surface area (Å²) < 4.78 is 17.9. The number of methoxy groups -OCH3 is 1. The quantitative estimate of drug-likeness (QED) is 0.639. The number of hydrogen-bond acceptors (Lipinski definition) is 3. The van der Waals surface area contributed by atoms with Gasteiger partial charge in [-0.15, -0.1) is 0 Å². The predicted octanol–water partition coefficient (Wildman–Crippen LogP) is 2.23. The largest absolute Gasteiger partial charge is 0.507 e. The zero-order chi connectivity index (χ0) is 10.9. The van der Waals surface area contributed by atoms with Gasteiger partial charge in [0.15, 0.2) is 0 Å². The lowest BCUT2D eigenvalue weighted by Crippen LogP contribution is -2.04. The molecular formula is C9H8FIO3. The fraction of sp³-hybridized carbons (Fsp3) is 0.222. The molecular weight excluding hydrogens is 302 g/mol. The fourth-order valence-corrected chi connectivity index (χ4v) is 1.73. The van der Waals surface area contributed by atoms with Crippen LogP contribution < -0.4 is 0 Å². The fourth-order valence-electron chi connectivity index (χ4n) is 1.01. The monoisotopic (exact) mass is 310 g/mol. The summed E-state index contributed by atoms with van der Waals surface area (Å²) in [5.41, 5.74) is 0.0353. The molecule has 1 rings (SSSR count). The topological polar surface area (TPSA) is 46.5 Å². The minimum atomic E-state index is -0.677. The van der Waals surface area contributed by atoms with Gasteiger partial charge in [0.25, 0.3) is 0 Å². The van der Waals surface area contributed by atoms with E-state index in [9.17, 15) is 14.3 Å². The summed E-state index contributed by atoms with van der Waals surface area (Å²) in [6, 6.07) is 1.25. The maximum absolute atomic E-state index is 13.2. The van der Waals surface area contributed by atoms with Crippen LogP contribution in [0.25, 0.3) is 0 Å². The Labute approximate surface area is 94.0 Å². The van der Waals surface area contributed by atoms with E-state index in [2.05, 4.69) is 4.74 Å². The van der Waals surface area contributed by atoms with E-state index in [0.717, 1.165) is 0 Å². The van der Waals surface area contributed by atoms with Crippen LogP contribution in [-0.4, -0.2) is 18.2 Å². The Hall–Kier alpha value is -0.850. The summed E-state index contributed by atoms with van der Waals surface area (Å²) in [5, 5.41) is 9.46. The highest BCUT2D eigenvalue weighted by atomic mass is 127. The molecule has 0 unspecified atom stereocenters. The molecule has 3 nitrogen and oxygen atoms in total. The first kappa shape index (κ1) is 11.2. The van der Waals surface area contributed by atoms with Gasteiger partial charge >= 0.3 is 5.97 Å². The van der Waals surface area contributed by atoms with Gasteiger partial charge in [-0.1, -0.05) is 0 Å². The minimum absolute atomic E-state index is 0.0178. The van der Waals surface area contributed by atoms with Gasteiger partial charge in [0.2, 0.25) is 0 Å². The van der Waals surface area contributed by atoms with Gasteiger partial charge in [0.1, 0.15) is 17.1 Å². The summed E-state index contributed by atoms with van der Waals surface area (Å²) >= 11 is 1.75. The van der Waals surface area contributed by atoms with Gasteiger partial charge in [-0.25, -0.2) is 9.18 Å². The molecule has 0 saturated heterocycles. The van der Waals surface area contributed by atoms with Crippen LogP contribution in [0.5, 0.6) is 5.75 Å². The van der Waals surface area contributed by atoms with Crippen molar-refractivity contribution in [2.24, 2.45) is 0 Å². The molecule has 1 N–H and O–H groups in total. The molecule has 0 aliphatic rings. The van der Waals surface area contributed by atoms with Crippen LogP contribution in [0.1, 0.15) is 15.9 Å². The normalized spacial score (nSPS) is 10.0. The first-order valence-electron chi connectivity index (χ1n) is 3.75. The van der Waals surface area contributed by atoms with Crippen molar-refractivity contribution in [3.05, 3.63) is 26.6 Å². The van der Waals surface area contributed by atoms with Gasteiger partial charge in [-0.3, -0.25) is 0 Å². The molecule has 0 aliphatic carbocycles. The molecule has 0 saturated carbocycles. The molecule has 0 bridgehead atoms. The lowest BCUT2D eigenvalue weighted by Gasteiger charge is -2.07. The van der Waals surface area contributed by atoms with E-state index in [4.69, 9.17) is 0 Å². The maximum Gasteiger partial charge on any atom is 0.341 e. The summed E-state index contributed by atoms with van der Waals surface area (Å²) in [6.45, 7) is 1.40. The number of phenolic OH excluding ortho intramolecular Hbond substituents is 1. The number of halogens is 2. The molecule has 0 amide bonds. The van der Waals surface area contributed by atoms with E-state index < -0.39 is 11.8 Å². The lowest BCUT2D eigenvalue weighted by molar-refractivity contribution is 0.0597. The Morgan fingerprint density at radius 2 is 2.21 bits per heavy atom. The molecule has 0 radical (unpaired) electrons. The summed E-state index contributed by atoms with van der Waals surface area (Å²) in [5.74, 6) is -1.56. The van der Waals surface area contributed by atoms with Gasteiger partial charge in [-0.2, -0.15) is 0 Å². The summed E-state index contributed by atoms with van der Waals surface area (Å²) in [7, 11) is 1.20. The molecule has 0 aliphatic heterocycles. The standard InChI is InChI=1S/C9H8FIO3/c1-4-7(10)6(11)3-5(8(4)12)9(13)14-2/h3,12H,1-2H3. The Balaban J connectivity index is 3.40. The number of hydrogen-bond donors (Lipinski definition) is 1.